The van der Waals surface area contributed by atoms with Crippen molar-refractivity contribution in [2.45, 2.75) is 6.92 Å². The van der Waals surface area contributed by atoms with Crippen LogP contribution in [-0.2, 0) is 0 Å². The van der Waals surface area contributed by atoms with E-state index in [-0.39, 0.29) is 5.78 Å². The largest absolute Gasteiger partial charge is 0.293 e. The van der Waals surface area contributed by atoms with Crippen LogP contribution in [-0.4, -0.2) is 10.8 Å². The van der Waals surface area contributed by atoms with Crippen molar-refractivity contribution in [3.05, 3.63) is 40.4 Å². The molecule has 15 heavy (non-hydrogen) atoms. The van der Waals surface area contributed by atoms with Crippen molar-refractivity contribution in [3.63, 3.8) is 0 Å². The Kier molecular flexibility index (Phi) is 2.84. The highest BCUT2D eigenvalue weighted by atomic mass is 35.5. The lowest BCUT2D eigenvalue weighted by Gasteiger charge is -1.95. The Morgan fingerprint density at radius 3 is 2.87 bits per heavy atom. The van der Waals surface area contributed by atoms with Crippen molar-refractivity contribution in [1.82, 2.24) is 4.98 Å². The molecule has 4 heteroatoms. The van der Waals surface area contributed by atoms with Gasteiger partial charge in [0.2, 0.25) is 0 Å². The molecular weight excluding hydrogens is 230 g/mol. The second-order valence-corrected chi connectivity index (χ2v) is 4.40. The molecule has 0 amide bonds. The Labute approximate surface area is 96.5 Å². The van der Waals surface area contributed by atoms with Crippen LogP contribution in [0.3, 0.4) is 0 Å². The molecule has 0 atom stereocenters. The number of hydrogen-bond acceptors (Lipinski definition) is 3. The van der Waals surface area contributed by atoms with Crippen LogP contribution in [0.1, 0.15) is 17.4 Å². The number of benzene rings is 1. The van der Waals surface area contributed by atoms with E-state index in [4.69, 9.17) is 11.6 Å². The van der Waals surface area contributed by atoms with Gasteiger partial charge in [0, 0.05) is 22.9 Å². The van der Waals surface area contributed by atoms with Crippen LogP contribution in [0.25, 0.3) is 10.6 Å². The zero-order chi connectivity index (χ0) is 10.8. The predicted octanol–water partition coefficient (Wildman–Crippen LogP) is 3.67. The van der Waals surface area contributed by atoms with E-state index in [9.17, 15) is 4.79 Å². The number of carbonyl (C=O) groups is 1. The number of thiazole rings is 1. The Bertz CT molecular complexity index is 507. The van der Waals surface area contributed by atoms with Gasteiger partial charge in [0.05, 0.1) is 0 Å². The molecule has 0 N–H and O–H groups in total. The van der Waals surface area contributed by atoms with Crippen molar-refractivity contribution in [2.75, 3.05) is 0 Å². The van der Waals surface area contributed by atoms with Gasteiger partial charge in [0.15, 0.2) is 5.78 Å². The highest BCUT2D eigenvalue weighted by Gasteiger charge is 2.07. The molecule has 1 aromatic heterocycles. The van der Waals surface area contributed by atoms with Crippen LogP contribution in [0.15, 0.2) is 29.6 Å². The summed E-state index contributed by atoms with van der Waals surface area (Å²) in [6.45, 7) is 1.51. The lowest BCUT2D eigenvalue weighted by Crippen LogP contribution is -1.91. The molecule has 0 aliphatic carbocycles. The first-order chi connectivity index (χ1) is 7.16. The fraction of sp³-hybridized carbons (Fsp3) is 0.0909. The maximum absolute atomic E-state index is 11.1. The SMILES string of the molecule is CC(=O)c1csc(-c2cccc(Cl)c2)n1. The van der Waals surface area contributed by atoms with E-state index in [1.54, 1.807) is 5.38 Å². The van der Waals surface area contributed by atoms with E-state index in [0.717, 1.165) is 10.6 Å². The average molecular weight is 238 g/mol. The summed E-state index contributed by atoms with van der Waals surface area (Å²) in [5.74, 6) is -0.0143. The first kappa shape index (κ1) is 10.3. The second kappa shape index (κ2) is 4.13. The number of hydrogen-bond donors (Lipinski definition) is 0. The van der Waals surface area contributed by atoms with E-state index >= 15 is 0 Å². The predicted molar refractivity (Wildman–Crippen MR) is 62.6 cm³/mol. The molecule has 0 radical (unpaired) electrons. The lowest BCUT2D eigenvalue weighted by molar-refractivity contribution is 0.101. The first-order valence-electron chi connectivity index (χ1n) is 4.39. The Morgan fingerprint density at radius 2 is 2.27 bits per heavy atom. The number of Topliss-reactive ketones (excluding diaryl/α,β-unsaturated/α-hetero) is 1. The molecule has 1 heterocycles. The van der Waals surface area contributed by atoms with Crippen molar-refractivity contribution in [2.24, 2.45) is 0 Å². The molecule has 0 spiro atoms. The van der Waals surface area contributed by atoms with Crippen molar-refractivity contribution in [3.8, 4) is 10.6 Å². The van der Waals surface area contributed by atoms with Crippen molar-refractivity contribution in [1.29, 1.82) is 0 Å². The minimum atomic E-state index is -0.0143. The molecule has 0 fully saturated rings. The molecule has 0 saturated heterocycles. The number of rotatable bonds is 2. The number of nitrogens with zero attached hydrogens (tertiary/aromatic N) is 1. The fourth-order valence-corrected chi connectivity index (χ4v) is 2.24. The summed E-state index contributed by atoms with van der Waals surface area (Å²) in [5.41, 5.74) is 1.45. The quantitative estimate of drug-likeness (QED) is 0.746. The highest BCUT2D eigenvalue weighted by Crippen LogP contribution is 2.25. The van der Waals surface area contributed by atoms with Crippen LogP contribution < -0.4 is 0 Å². The normalized spacial score (nSPS) is 10.3. The van der Waals surface area contributed by atoms with Crippen LogP contribution in [0.5, 0.6) is 0 Å². The minimum absolute atomic E-state index is 0.0143. The molecule has 0 aliphatic rings. The monoisotopic (exact) mass is 237 g/mol. The molecule has 0 bridgehead atoms. The molecular formula is C11H8ClNOS. The number of ketones is 1. The third-order valence-electron chi connectivity index (χ3n) is 1.94. The van der Waals surface area contributed by atoms with E-state index in [0.29, 0.717) is 10.7 Å². The third-order valence-corrected chi connectivity index (χ3v) is 3.06. The van der Waals surface area contributed by atoms with Gasteiger partial charge in [-0.2, -0.15) is 0 Å². The molecule has 0 saturated carbocycles. The average Bonchev–Trinajstić information content (AvgIpc) is 2.66. The summed E-state index contributed by atoms with van der Waals surface area (Å²) < 4.78 is 0. The maximum Gasteiger partial charge on any atom is 0.178 e. The second-order valence-electron chi connectivity index (χ2n) is 3.10. The van der Waals surface area contributed by atoms with Gasteiger partial charge in [-0.05, 0) is 12.1 Å². The fourth-order valence-electron chi connectivity index (χ4n) is 1.19. The zero-order valence-corrected chi connectivity index (χ0v) is 9.60. The van der Waals surface area contributed by atoms with Gasteiger partial charge in [-0.15, -0.1) is 11.3 Å². The summed E-state index contributed by atoms with van der Waals surface area (Å²) in [7, 11) is 0. The molecule has 1 aromatic carbocycles. The Hall–Kier alpha value is -1.19. The summed E-state index contributed by atoms with van der Waals surface area (Å²) >= 11 is 7.32. The Balaban J connectivity index is 2.41. The topological polar surface area (TPSA) is 30.0 Å². The summed E-state index contributed by atoms with van der Waals surface area (Å²) in [6.07, 6.45) is 0. The summed E-state index contributed by atoms with van der Waals surface area (Å²) in [5, 5.41) is 3.26. The van der Waals surface area contributed by atoms with E-state index < -0.39 is 0 Å². The minimum Gasteiger partial charge on any atom is -0.293 e. The third kappa shape index (κ3) is 2.25. The van der Waals surface area contributed by atoms with Crippen LogP contribution in [0.4, 0.5) is 0 Å². The van der Waals surface area contributed by atoms with Gasteiger partial charge in [-0.25, -0.2) is 4.98 Å². The van der Waals surface area contributed by atoms with Crippen molar-refractivity contribution >= 4 is 28.7 Å². The number of halogens is 1. The molecule has 2 rings (SSSR count). The van der Waals surface area contributed by atoms with Gasteiger partial charge in [-0.3, -0.25) is 4.79 Å². The molecule has 2 aromatic rings. The molecule has 0 unspecified atom stereocenters. The molecule has 0 aliphatic heterocycles. The van der Waals surface area contributed by atoms with Gasteiger partial charge in [0.1, 0.15) is 10.7 Å². The maximum atomic E-state index is 11.1. The van der Waals surface area contributed by atoms with E-state index in [1.807, 2.05) is 24.3 Å². The van der Waals surface area contributed by atoms with Gasteiger partial charge in [-0.1, -0.05) is 23.7 Å². The van der Waals surface area contributed by atoms with Crippen LogP contribution in [0.2, 0.25) is 5.02 Å². The Morgan fingerprint density at radius 1 is 1.47 bits per heavy atom. The van der Waals surface area contributed by atoms with E-state index in [2.05, 4.69) is 4.98 Å². The van der Waals surface area contributed by atoms with E-state index in [1.165, 1.54) is 18.3 Å². The first-order valence-corrected chi connectivity index (χ1v) is 5.65. The molecule has 76 valence electrons. The van der Waals surface area contributed by atoms with Gasteiger partial charge in [0.25, 0.3) is 0 Å². The zero-order valence-electron chi connectivity index (χ0n) is 8.03. The standard InChI is InChI=1S/C11H8ClNOS/c1-7(14)10-6-15-11(13-10)8-3-2-4-9(12)5-8/h2-6H,1H3. The van der Waals surface area contributed by atoms with Gasteiger partial charge < -0.3 is 0 Å². The summed E-state index contributed by atoms with van der Waals surface area (Å²) in [6, 6.07) is 7.44. The summed E-state index contributed by atoms with van der Waals surface area (Å²) in [4.78, 5) is 15.3. The number of aromatic nitrogens is 1. The van der Waals surface area contributed by atoms with Crippen molar-refractivity contribution < 1.29 is 4.79 Å². The molecule has 2 nitrogen and oxygen atoms in total. The smallest absolute Gasteiger partial charge is 0.178 e. The highest BCUT2D eigenvalue weighted by molar-refractivity contribution is 7.13. The lowest BCUT2D eigenvalue weighted by atomic mass is 10.2. The van der Waals surface area contributed by atoms with Crippen LogP contribution in [0, 0.1) is 0 Å². The number of carbonyl (C=O) groups excluding carboxylic acids is 1. The van der Waals surface area contributed by atoms with Crippen LogP contribution >= 0.6 is 22.9 Å². The van der Waals surface area contributed by atoms with Gasteiger partial charge >= 0.3 is 0 Å².